The highest BCUT2D eigenvalue weighted by atomic mass is 32.2. The molecule has 2 N–H and O–H groups in total. The van der Waals surface area contributed by atoms with E-state index >= 15 is 0 Å². The van der Waals surface area contributed by atoms with Crippen molar-refractivity contribution in [2.45, 2.75) is 51.3 Å². The number of carbonyl (C=O) groups excluding carboxylic acids is 3. The number of carbonyl (C=O) groups is 4. The van der Waals surface area contributed by atoms with Crippen molar-refractivity contribution in [2.75, 3.05) is 11.4 Å². The van der Waals surface area contributed by atoms with Gasteiger partial charge in [-0.15, -0.1) is 0 Å². The van der Waals surface area contributed by atoms with Crippen LogP contribution in [0.25, 0.3) is 0 Å². The highest BCUT2D eigenvalue weighted by Gasteiger charge is 2.34. The quantitative estimate of drug-likeness (QED) is 0.720. The molecule has 0 spiro atoms. The lowest BCUT2D eigenvalue weighted by Crippen LogP contribution is -2.51. The van der Waals surface area contributed by atoms with Gasteiger partial charge in [0.2, 0.25) is 11.8 Å². The Labute approximate surface area is 168 Å². The van der Waals surface area contributed by atoms with Gasteiger partial charge in [0.15, 0.2) is 5.12 Å². The number of hydrogen-bond acceptors (Lipinski definition) is 5. The summed E-state index contributed by atoms with van der Waals surface area (Å²) in [6.07, 6.45) is 1.42. The van der Waals surface area contributed by atoms with Crippen LogP contribution in [0.3, 0.4) is 0 Å². The predicted octanol–water partition coefficient (Wildman–Crippen LogP) is 2.23. The van der Waals surface area contributed by atoms with E-state index in [2.05, 4.69) is 5.32 Å². The molecule has 0 fully saturated rings. The lowest BCUT2D eigenvalue weighted by atomic mass is 10.0. The monoisotopic (exact) mass is 406 g/mol. The van der Waals surface area contributed by atoms with Crippen LogP contribution in [0, 0.1) is 5.92 Å². The van der Waals surface area contributed by atoms with Crippen LogP contribution in [0.1, 0.15) is 39.2 Å². The smallest absolute Gasteiger partial charge is 0.323 e. The molecule has 1 aromatic carbocycles. The van der Waals surface area contributed by atoms with Gasteiger partial charge in [-0.25, -0.2) is 0 Å². The highest BCUT2D eigenvalue weighted by molar-refractivity contribution is 8.14. The maximum Gasteiger partial charge on any atom is 0.323 e. The van der Waals surface area contributed by atoms with E-state index in [1.54, 1.807) is 12.1 Å². The first kappa shape index (κ1) is 21.9. The van der Waals surface area contributed by atoms with E-state index in [-0.39, 0.29) is 16.9 Å². The molecule has 1 heterocycles. The van der Waals surface area contributed by atoms with Crippen molar-refractivity contribution in [1.82, 2.24) is 5.32 Å². The summed E-state index contributed by atoms with van der Waals surface area (Å²) >= 11 is 0.960. The van der Waals surface area contributed by atoms with Crippen LogP contribution in [-0.4, -0.2) is 45.8 Å². The van der Waals surface area contributed by atoms with Crippen molar-refractivity contribution < 1.29 is 24.3 Å². The van der Waals surface area contributed by atoms with Crippen molar-refractivity contribution in [2.24, 2.45) is 5.92 Å². The highest BCUT2D eigenvalue weighted by Crippen LogP contribution is 2.27. The number of nitrogens with zero attached hydrogens (tertiary/aromatic N) is 1. The molecule has 28 heavy (non-hydrogen) atoms. The number of carboxylic acid groups (broad SMARTS) is 1. The van der Waals surface area contributed by atoms with Gasteiger partial charge in [-0.2, -0.15) is 0 Å². The van der Waals surface area contributed by atoms with Gasteiger partial charge in [-0.1, -0.05) is 43.8 Å². The molecule has 1 aromatic rings. The number of rotatable bonds is 7. The van der Waals surface area contributed by atoms with Crippen LogP contribution >= 0.6 is 11.8 Å². The lowest BCUT2D eigenvalue weighted by molar-refractivity contribution is -0.137. The molecule has 2 atom stereocenters. The van der Waals surface area contributed by atoms with Crippen molar-refractivity contribution in [3.05, 3.63) is 29.8 Å². The third-order valence-electron chi connectivity index (χ3n) is 4.44. The summed E-state index contributed by atoms with van der Waals surface area (Å²) in [5, 5.41) is 11.3. The molecule has 2 amide bonds. The number of aryl methyl sites for hydroxylation is 1. The van der Waals surface area contributed by atoms with Gasteiger partial charge in [-0.05, 0) is 36.8 Å². The van der Waals surface area contributed by atoms with Gasteiger partial charge in [-0.3, -0.25) is 24.1 Å². The number of anilines is 1. The fourth-order valence-corrected chi connectivity index (χ4v) is 4.31. The maximum absolute atomic E-state index is 13.0. The second-order valence-electron chi connectivity index (χ2n) is 7.27. The molecule has 1 aliphatic rings. The molecule has 0 aliphatic carbocycles. The Morgan fingerprint density at radius 3 is 2.57 bits per heavy atom. The molecular formula is C20H26N2O5S. The molecule has 0 bridgehead atoms. The van der Waals surface area contributed by atoms with Gasteiger partial charge in [0.1, 0.15) is 12.6 Å². The second-order valence-corrected chi connectivity index (χ2v) is 8.65. The third kappa shape index (κ3) is 5.82. The zero-order valence-electron chi connectivity index (χ0n) is 16.3. The fourth-order valence-electron chi connectivity index (χ4n) is 3.25. The van der Waals surface area contributed by atoms with E-state index in [0.29, 0.717) is 24.9 Å². The Kier molecular flexibility index (Phi) is 7.62. The molecule has 2 rings (SSSR count). The fraction of sp³-hybridized carbons (Fsp3) is 0.500. The number of para-hydroxylation sites is 1. The van der Waals surface area contributed by atoms with Crippen molar-refractivity contribution in [3.63, 3.8) is 0 Å². The number of nitrogens with one attached hydrogen (secondary N) is 1. The molecule has 8 heteroatoms. The van der Waals surface area contributed by atoms with Crippen LogP contribution < -0.4 is 10.2 Å². The van der Waals surface area contributed by atoms with Crippen molar-refractivity contribution in [1.29, 1.82) is 0 Å². The Morgan fingerprint density at radius 1 is 1.29 bits per heavy atom. The van der Waals surface area contributed by atoms with E-state index < -0.39 is 29.7 Å². The minimum Gasteiger partial charge on any atom is -0.480 e. The molecule has 0 saturated heterocycles. The number of amides is 2. The average Bonchev–Trinajstić information content (AvgIpc) is 2.72. The minimum absolute atomic E-state index is 0.159. The summed E-state index contributed by atoms with van der Waals surface area (Å²) in [4.78, 5) is 49.8. The standard InChI is InChI=1S/C20H26N2O5S/c1-12(2)10-17(28-13(3)23)19(26)21-15-9-8-14-6-4-5-7-16(14)22(20(15)27)11-18(24)25/h4-7,12,15,17H,8-11H2,1-3H3,(H,21,26)(H,24,25). The van der Waals surface area contributed by atoms with E-state index in [0.717, 1.165) is 17.3 Å². The summed E-state index contributed by atoms with van der Waals surface area (Å²) in [6, 6.07) is 6.33. The zero-order valence-corrected chi connectivity index (χ0v) is 17.1. The van der Waals surface area contributed by atoms with Crippen LogP contribution in [-0.2, 0) is 25.6 Å². The first-order chi connectivity index (χ1) is 13.2. The molecule has 1 aliphatic heterocycles. The molecule has 7 nitrogen and oxygen atoms in total. The SMILES string of the molecule is CC(=O)SC(CC(C)C)C(=O)NC1CCc2ccccc2N(CC(=O)O)C1=O. The molecule has 0 radical (unpaired) electrons. The first-order valence-corrected chi connectivity index (χ1v) is 10.2. The Bertz CT molecular complexity index is 765. The second kappa shape index (κ2) is 9.73. The number of benzene rings is 1. The van der Waals surface area contributed by atoms with Crippen molar-refractivity contribution in [3.8, 4) is 0 Å². The normalized spacial score (nSPS) is 17.6. The van der Waals surface area contributed by atoms with Crippen LogP contribution in [0.2, 0.25) is 0 Å². The number of carboxylic acids is 1. The molecule has 0 aromatic heterocycles. The number of thioether (sulfide) groups is 1. The van der Waals surface area contributed by atoms with E-state index in [1.165, 1.54) is 11.8 Å². The van der Waals surface area contributed by atoms with Crippen molar-refractivity contribution >= 4 is 40.3 Å². The van der Waals surface area contributed by atoms with Gasteiger partial charge >= 0.3 is 5.97 Å². The molecule has 0 saturated carbocycles. The Hall–Kier alpha value is -2.35. The summed E-state index contributed by atoms with van der Waals surface area (Å²) in [7, 11) is 0. The largest absolute Gasteiger partial charge is 0.480 e. The zero-order chi connectivity index (χ0) is 20.8. The summed E-state index contributed by atoms with van der Waals surface area (Å²) in [5.41, 5.74) is 1.43. The van der Waals surface area contributed by atoms with Crippen LogP contribution in [0.5, 0.6) is 0 Å². The maximum atomic E-state index is 13.0. The Morgan fingerprint density at radius 2 is 1.96 bits per heavy atom. The summed E-state index contributed by atoms with van der Waals surface area (Å²) in [6.45, 7) is 4.86. The predicted molar refractivity (Wildman–Crippen MR) is 108 cm³/mol. The van der Waals surface area contributed by atoms with Crippen LogP contribution in [0.15, 0.2) is 24.3 Å². The minimum atomic E-state index is -1.13. The van der Waals surface area contributed by atoms with Gasteiger partial charge in [0.05, 0.1) is 5.25 Å². The van der Waals surface area contributed by atoms with Crippen LogP contribution in [0.4, 0.5) is 5.69 Å². The topological polar surface area (TPSA) is 104 Å². The summed E-state index contributed by atoms with van der Waals surface area (Å²) in [5.74, 6) is -1.73. The number of hydrogen-bond donors (Lipinski definition) is 2. The molecule has 152 valence electrons. The number of aliphatic carboxylic acids is 1. The van der Waals surface area contributed by atoms with Gasteiger partial charge < -0.3 is 10.4 Å². The van der Waals surface area contributed by atoms with E-state index in [4.69, 9.17) is 0 Å². The third-order valence-corrected chi connectivity index (χ3v) is 5.47. The lowest BCUT2D eigenvalue weighted by Gasteiger charge is -2.26. The van der Waals surface area contributed by atoms with E-state index in [1.807, 2.05) is 26.0 Å². The molecule has 2 unspecified atom stereocenters. The van der Waals surface area contributed by atoms with Gasteiger partial charge in [0, 0.05) is 12.6 Å². The number of fused-ring (bicyclic) bond motifs is 1. The van der Waals surface area contributed by atoms with E-state index in [9.17, 15) is 24.3 Å². The van der Waals surface area contributed by atoms with Gasteiger partial charge in [0.25, 0.3) is 0 Å². The molecular weight excluding hydrogens is 380 g/mol. The Balaban J connectivity index is 2.23. The summed E-state index contributed by atoms with van der Waals surface area (Å²) < 4.78 is 0. The first-order valence-electron chi connectivity index (χ1n) is 9.27. The average molecular weight is 407 g/mol.